The van der Waals surface area contributed by atoms with E-state index in [2.05, 4.69) is 19.7 Å². The first-order valence-corrected chi connectivity index (χ1v) is 5.48. The van der Waals surface area contributed by atoms with Gasteiger partial charge in [-0.05, 0) is 23.6 Å². The second-order valence-corrected chi connectivity index (χ2v) is 3.60. The van der Waals surface area contributed by atoms with Gasteiger partial charge >= 0.3 is 5.97 Å². The third-order valence-corrected chi connectivity index (χ3v) is 2.34. The number of esters is 1. The van der Waals surface area contributed by atoms with Crippen LogP contribution in [0.25, 0.3) is 16.5 Å². The molecule has 1 heterocycles. The zero-order valence-electron chi connectivity index (χ0n) is 9.71. The average molecular weight is 267 g/mol. The minimum Gasteiger partial charge on any atom is -0.465 e. The molecule has 1 aromatic heterocycles. The molecule has 0 aliphatic carbocycles. The van der Waals surface area contributed by atoms with Crippen molar-refractivity contribution in [3.05, 3.63) is 45.1 Å². The highest BCUT2D eigenvalue weighted by atomic mass is 35.5. The number of nitrogens with zero attached hydrogens (tertiary/aromatic N) is 4. The highest BCUT2D eigenvalue weighted by Crippen LogP contribution is 2.16. The topological polar surface area (TPSA) is 88.0 Å². The van der Waals surface area contributed by atoms with Crippen molar-refractivity contribution >= 4 is 23.6 Å². The van der Waals surface area contributed by atoms with Crippen molar-refractivity contribution in [2.45, 2.75) is 6.42 Å². The number of carbonyl (C=O) groups is 1. The predicted octanol–water partition coefficient (Wildman–Crippen LogP) is 3.24. The number of ether oxygens (including phenoxy) is 1. The van der Waals surface area contributed by atoms with Crippen LogP contribution in [0.15, 0.2) is 23.5 Å². The van der Waals surface area contributed by atoms with Gasteiger partial charge in [0.2, 0.25) is 0 Å². The van der Waals surface area contributed by atoms with Crippen LogP contribution in [0.3, 0.4) is 0 Å². The van der Waals surface area contributed by atoms with Crippen LogP contribution in [0.4, 0.5) is 0 Å². The predicted molar refractivity (Wildman–Crippen MR) is 68.3 cm³/mol. The number of azide groups is 1. The summed E-state index contributed by atoms with van der Waals surface area (Å²) in [6.07, 6.45) is 5.74. The van der Waals surface area contributed by atoms with Crippen LogP contribution in [-0.2, 0) is 4.74 Å². The van der Waals surface area contributed by atoms with Gasteiger partial charge in [-0.3, -0.25) is 0 Å². The van der Waals surface area contributed by atoms with E-state index < -0.39 is 5.97 Å². The minimum atomic E-state index is -0.531. The van der Waals surface area contributed by atoms with E-state index in [0.29, 0.717) is 13.0 Å². The second kappa shape index (κ2) is 7.32. The van der Waals surface area contributed by atoms with E-state index in [-0.39, 0.29) is 10.7 Å². The first-order chi connectivity index (χ1) is 8.69. The number of methoxy groups -OCH3 is 1. The molecule has 18 heavy (non-hydrogen) atoms. The van der Waals surface area contributed by atoms with Crippen LogP contribution in [-0.4, -0.2) is 24.6 Å². The third-order valence-electron chi connectivity index (χ3n) is 2.03. The minimum absolute atomic E-state index is 0.105. The van der Waals surface area contributed by atoms with Crippen LogP contribution in [0.1, 0.15) is 22.3 Å². The lowest BCUT2D eigenvalue weighted by molar-refractivity contribution is 0.0600. The Morgan fingerprint density at radius 2 is 2.50 bits per heavy atom. The normalized spacial score (nSPS) is 10.1. The zero-order valence-corrected chi connectivity index (χ0v) is 10.5. The number of hydrogen-bond acceptors (Lipinski definition) is 4. The van der Waals surface area contributed by atoms with Gasteiger partial charge in [-0.2, -0.15) is 0 Å². The molecule has 0 saturated carbocycles. The fourth-order valence-electron chi connectivity index (χ4n) is 1.20. The van der Waals surface area contributed by atoms with Crippen LogP contribution in [0, 0.1) is 0 Å². The molecule has 6 nitrogen and oxygen atoms in total. The molecule has 94 valence electrons. The lowest BCUT2D eigenvalue weighted by Crippen LogP contribution is -2.03. The number of rotatable bonds is 5. The Kier molecular flexibility index (Phi) is 5.70. The summed E-state index contributed by atoms with van der Waals surface area (Å²) in [4.78, 5) is 17.9. The summed E-state index contributed by atoms with van der Waals surface area (Å²) in [6.45, 7) is 0.387. The van der Waals surface area contributed by atoms with Crippen LogP contribution in [0.5, 0.6) is 0 Å². The SMILES string of the molecule is COC(=O)c1cc(C=CCCN=[N+]=[N-])cnc1Cl. The summed E-state index contributed by atoms with van der Waals surface area (Å²) >= 11 is 5.78. The van der Waals surface area contributed by atoms with Crippen molar-refractivity contribution in [1.82, 2.24) is 4.98 Å². The van der Waals surface area contributed by atoms with Gasteiger partial charge in [0.05, 0.1) is 12.7 Å². The zero-order chi connectivity index (χ0) is 13.4. The Balaban J connectivity index is 2.78. The van der Waals surface area contributed by atoms with Gasteiger partial charge in [-0.15, -0.1) is 0 Å². The third kappa shape index (κ3) is 4.08. The molecule has 0 radical (unpaired) electrons. The largest absolute Gasteiger partial charge is 0.465 e. The summed E-state index contributed by atoms with van der Waals surface area (Å²) in [7, 11) is 1.28. The Hall–Kier alpha value is -2.04. The summed E-state index contributed by atoms with van der Waals surface area (Å²) in [5.41, 5.74) is 9.04. The molecule has 1 aromatic rings. The molecule has 0 fully saturated rings. The molecule has 0 aliphatic heterocycles. The van der Waals surface area contributed by atoms with Gasteiger partial charge < -0.3 is 4.74 Å². The highest BCUT2D eigenvalue weighted by Gasteiger charge is 2.11. The van der Waals surface area contributed by atoms with Crippen molar-refractivity contribution in [2.75, 3.05) is 13.7 Å². The lowest BCUT2D eigenvalue weighted by Gasteiger charge is -2.02. The Morgan fingerprint density at radius 3 is 3.17 bits per heavy atom. The van der Waals surface area contributed by atoms with Crippen LogP contribution >= 0.6 is 11.6 Å². The fourth-order valence-corrected chi connectivity index (χ4v) is 1.39. The average Bonchev–Trinajstić information content (AvgIpc) is 2.39. The molecular formula is C11H11ClN4O2. The maximum Gasteiger partial charge on any atom is 0.341 e. The Morgan fingerprint density at radius 1 is 1.72 bits per heavy atom. The monoisotopic (exact) mass is 266 g/mol. The molecular weight excluding hydrogens is 256 g/mol. The van der Waals surface area contributed by atoms with Crippen molar-refractivity contribution < 1.29 is 9.53 Å². The maximum atomic E-state index is 11.4. The summed E-state index contributed by atoms with van der Waals surface area (Å²) in [5.74, 6) is -0.531. The summed E-state index contributed by atoms with van der Waals surface area (Å²) in [6, 6.07) is 1.59. The van der Waals surface area contributed by atoms with E-state index in [1.807, 2.05) is 6.08 Å². The molecule has 1 rings (SSSR count). The molecule has 0 aliphatic rings. The van der Waals surface area contributed by atoms with E-state index in [9.17, 15) is 4.79 Å². The summed E-state index contributed by atoms with van der Waals surface area (Å²) in [5, 5.41) is 3.50. The number of pyridine rings is 1. The Bertz CT molecular complexity index is 510. The van der Waals surface area contributed by atoms with Gasteiger partial charge in [0, 0.05) is 17.7 Å². The molecule has 0 amide bonds. The first-order valence-electron chi connectivity index (χ1n) is 5.10. The fraction of sp³-hybridized carbons (Fsp3) is 0.273. The highest BCUT2D eigenvalue weighted by molar-refractivity contribution is 6.32. The van der Waals surface area contributed by atoms with Crippen molar-refractivity contribution in [1.29, 1.82) is 0 Å². The molecule has 0 atom stereocenters. The van der Waals surface area contributed by atoms with E-state index in [0.717, 1.165) is 5.56 Å². The lowest BCUT2D eigenvalue weighted by atomic mass is 10.2. The van der Waals surface area contributed by atoms with Crippen molar-refractivity contribution in [3.63, 3.8) is 0 Å². The van der Waals surface area contributed by atoms with Gasteiger partial charge in [0.1, 0.15) is 5.15 Å². The van der Waals surface area contributed by atoms with Crippen molar-refractivity contribution in [2.24, 2.45) is 5.11 Å². The number of halogens is 1. The molecule has 0 aromatic carbocycles. The van der Waals surface area contributed by atoms with Crippen LogP contribution in [0.2, 0.25) is 5.15 Å². The van der Waals surface area contributed by atoms with Gasteiger partial charge in [0.15, 0.2) is 0 Å². The van der Waals surface area contributed by atoms with Gasteiger partial charge in [-0.25, -0.2) is 9.78 Å². The van der Waals surface area contributed by atoms with E-state index in [1.165, 1.54) is 7.11 Å². The van der Waals surface area contributed by atoms with E-state index in [1.54, 1.807) is 18.3 Å². The summed E-state index contributed by atoms with van der Waals surface area (Å²) < 4.78 is 4.59. The smallest absolute Gasteiger partial charge is 0.341 e. The van der Waals surface area contributed by atoms with Gasteiger partial charge in [0.25, 0.3) is 0 Å². The maximum absolute atomic E-state index is 11.4. The van der Waals surface area contributed by atoms with E-state index >= 15 is 0 Å². The van der Waals surface area contributed by atoms with Gasteiger partial charge in [-0.1, -0.05) is 28.9 Å². The van der Waals surface area contributed by atoms with Crippen molar-refractivity contribution in [3.8, 4) is 0 Å². The number of hydrogen-bond donors (Lipinski definition) is 0. The molecule has 0 N–H and O–H groups in total. The quantitative estimate of drug-likeness (QED) is 0.205. The molecule has 0 bridgehead atoms. The van der Waals surface area contributed by atoms with Crippen LogP contribution < -0.4 is 0 Å². The molecule has 0 saturated heterocycles. The van der Waals surface area contributed by atoms with E-state index in [4.69, 9.17) is 17.1 Å². The molecule has 0 unspecified atom stereocenters. The first kappa shape index (κ1) is 14.0. The number of carbonyl (C=O) groups excluding carboxylic acids is 1. The standard InChI is InChI=1S/C11H11ClN4O2/c1-18-11(17)9-6-8(7-14-10(9)12)4-2-3-5-15-16-13/h2,4,6-7H,3,5H2,1H3. The second-order valence-electron chi connectivity index (χ2n) is 3.24. The Labute approximate surface area is 109 Å². The number of aromatic nitrogens is 1. The molecule has 7 heteroatoms. The molecule has 0 spiro atoms.